The van der Waals surface area contributed by atoms with E-state index in [0.29, 0.717) is 5.75 Å². The van der Waals surface area contributed by atoms with Gasteiger partial charge in [0.15, 0.2) is 12.4 Å². The molecule has 26 heavy (non-hydrogen) atoms. The summed E-state index contributed by atoms with van der Waals surface area (Å²) in [5.74, 6) is 0.381. The molecule has 2 aromatic rings. The average Bonchev–Trinajstić information content (AvgIpc) is 2.64. The van der Waals surface area contributed by atoms with E-state index in [9.17, 15) is 5.11 Å². The fourth-order valence-corrected chi connectivity index (χ4v) is 3.53. The first kappa shape index (κ1) is 22.9. The predicted octanol–water partition coefficient (Wildman–Crippen LogP) is 2.84. The lowest BCUT2D eigenvalue weighted by atomic mass is 9.92. The lowest BCUT2D eigenvalue weighted by molar-refractivity contribution is -0.697. The third-order valence-corrected chi connectivity index (χ3v) is 5.00. The Balaban J connectivity index is 0.00000338. The van der Waals surface area contributed by atoms with Gasteiger partial charge in [0.1, 0.15) is 12.3 Å². The molecule has 0 unspecified atom stereocenters. The molecule has 0 aliphatic carbocycles. The molecule has 0 aliphatic rings. The van der Waals surface area contributed by atoms with E-state index in [4.69, 9.17) is 0 Å². The largest absolute Gasteiger partial charge is 1.00 e. The zero-order valence-electron chi connectivity index (χ0n) is 16.6. The van der Waals surface area contributed by atoms with Gasteiger partial charge >= 0.3 is 0 Å². The van der Waals surface area contributed by atoms with Crippen molar-refractivity contribution < 1.29 is 33.7 Å². The van der Waals surface area contributed by atoms with Crippen LogP contribution >= 0.6 is 0 Å². The maximum absolute atomic E-state index is 9.94. The Bertz CT molecular complexity index is 627. The molecular weight excluding hydrogens is 433 g/mol. The van der Waals surface area contributed by atoms with Crippen LogP contribution in [0.5, 0.6) is 5.75 Å². The molecule has 0 aliphatic heterocycles. The van der Waals surface area contributed by atoms with Crippen LogP contribution in [0.4, 0.5) is 0 Å². The van der Waals surface area contributed by atoms with Crippen molar-refractivity contribution in [3.8, 4) is 16.9 Å². The summed E-state index contributed by atoms with van der Waals surface area (Å²) in [7, 11) is 0. The predicted molar refractivity (Wildman–Crippen MR) is 106 cm³/mol. The first-order valence-electron chi connectivity index (χ1n) is 10.0. The van der Waals surface area contributed by atoms with Crippen LogP contribution in [-0.2, 0) is 19.4 Å². The normalized spacial score (nSPS) is 10.6. The Kier molecular flexibility index (Phi) is 10.9. The number of hydrogen-bond donors (Lipinski definition) is 1. The SMILES string of the molecule is CCCCCCCC[n+]1ccc(-c2c(CC)cc(O)cc2CC)cc1.[I-]. The number of benzene rings is 1. The molecule has 0 bridgehead atoms. The minimum Gasteiger partial charge on any atom is -1.00 e. The standard InChI is InChI=1S/C23H33NO.HI/c1-4-7-8-9-10-11-14-24-15-12-21(13-16-24)23-19(5-2)17-22(25)18-20(23)6-3;/h12-13,15-18H,4-11,14H2,1-3H3;1H. The van der Waals surface area contributed by atoms with Gasteiger partial charge in [-0.25, -0.2) is 4.57 Å². The molecule has 144 valence electrons. The van der Waals surface area contributed by atoms with Crippen LogP contribution < -0.4 is 28.5 Å². The zero-order chi connectivity index (χ0) is 18.1. The molecule has 2 rings (SSSR count). The van der Waals surface area contributed by atoms with Crippen molar-refractivity contribution in [1.82, 2.24) is 0 Å². The van der Waals surface area contributed by atoms with Crippen LogP contribution in [0.1, 0.15) is 70.4 Å². The minimum absolute atomic E-state index is 0. The Labute approximate surface area is 176 Å². The van der Waals surface area contributed by atoms with Crippen LogP contribution in [0, 0.1) is 0 Å². The van der Waals surface area contributed by atoms with E-state index in [2.05, 4.69) is 49.9 Å². The molecule has 0 amide bonds. The number of phenols is 1. The molecular formula is C23H34INO. The maximum atomic E-state index is 9.94. The van der Waals surface area contributed by atoms with E-state index < -0.39 is 0 Å². The third kappa shape index (κ3) is 6.57. The van der Waals surface area contributed by atoms with Gasteiger partial charge in [0.25, 0.3) is 0 Å². The van der Waals surface area contributed by atoms with E-state index in [1.54, 1.807) is 0 Å². The number of unbranched alkanes of at least 4 members (excludes halogenated alkanes) is 5. The molecule has 0 spiro atoms. The van der Waals surface area contributed by atoms with Crippen molar-refractivity contribution in [2.75, 3.05) is 0 Å². The second kappa shape index (κ2) is 12.3. The third-order valence-electron chi connectivity index (χ3n) is 5.00. The molecule has 1 N–H and O–H groups in total. The molecule has 3 heteroatoms. The quantitative estimate of drug-likeness (QED) is 0.325. The fourth-order valence-electron chi connectivity index (χ4n) is 3.53. The highest BCUT2D eigenvalue weighted by Crippen LogP contribution is 2.31. The molecule has 0 fully saturated rings. The summed E-state index contributed by atoms with van der Waals surface area (Å²) in [4.78, 5) is 0. The summed E-state index contributed by atoms with van der Waals surface area (Å²) in [5, 5.41) is 9.94. The summed E-state index contributed by atoms with van der Waals surface area (Å²) >= 11 is 0. The average molecular weight is 467 g/mol. The van der Waals surface area contributed by atoms with Crippen molar-refractivity contribution in [3.05, 3.63) is 47.8 Å². The van der Waals surface area contributed by atoms with Gasteiger partial charge in [-0.3, -0.25) is 0 Å². The number of aromatic hydroxyl groups is 1. The van der Waals surface area contributed by atoms with Gasteiger partial charge in [0.05, 0.1) is 0 Å². The van der Waals surface area contributed by atoms with Crippen LogP contribution in [0.2, 0.25) is 0 Å². The van der Waals surface area contributed by atoms with E-state index in [1.165, 1.54) is 60.8 Å². The minimum atomic E-state index is 0. The maximum Gasteiger partial charge on any atom is 0.169 e. The Morgan fingerprint density at radius 3 is 1.88 bits per heavy atom. The number of halogens is 1. The molecule has 0 atom stereocenters. The van der Waals surface area contributed by atoms with Crippen LogP contribution in [0.3, 0.4) is 0 Å². The van der Waals surface area contributed by atoms with Crippen molar-refractivity contribution in [1.29, 1.82) is 0 Å². The van der Waals surface area contributed by atoms with Gasteiger partial charge < -0.3 is 29.1 Å². The number of nitrogens with zero attached hydrogens (tertiary/aromatic N) is 1. The van der Waals surface area contributed by atoms with Crippen molar-refractivity contribution in [2.45, 2.75) is 78.7 Å². The van der Waals surface area contributed by atoms with Crippen LogP contribution in [0.15, 0.2) is 36.7 Å². The van der Waals surface area contributed by atoms with Gasteiger partial charge in [-0.05, 0) is 53.6 Å². The molecule has 0 radical (unpaired) electrons. The summed E-state index contributed by atoms with van der Waals surface area (Å²) in [5.41, 5.74) is 5.01. The summed E-state index contributed by atoms with van der Waals surface area (Å²) in [6.07, 6.45) is 14.3. The highest BCUT2D eigenvalue weighted by atomic mass is 127. The van der Waals surface area contributed by atoms with E-state index in [-0.39, 0.29) is 24.0 Å². The lowest BCUT2D eigenvalue weighted by Gasteiger charge is -2.14. The second-order valence-corrected chi connectivity index (χ2v) is 6.94. The number of pyridine rings is 1. The van der Waals surface area contributed by atoms with Gasteiger partial charge in [0, 0.05) is 18.6 Å². The number of aryl methyl sites for hydroxylation is 3. The van der Waals surface area contributed by atoms with Crippen LogP contribution in [0.25, 0.3) is 11.1 Å². The Morgan fingerprint density at radius 2 is 1.35 bits per heavy atom. The van der Waals surface area contributed by atoms with Crippen molar-refractivity contribution in [3.63, 3.8) is 0 Å². The summed E-state index contributed by atoms with van der Waals surface area (Å²) < 4.78 is 2.29. The molecule has 1 aromatic carbocycles. The van der Waals surface area contributed by atoms with Gasteiger partial charge in [0.2, 0.25) is 0 Å². The lowest BCUT2D eigenvalue weighted by Crippen LogP contribution is -3.00. The first-order chi connectivity index (χ1) is 12.2. The van der Waals surface area contributed by atoms with Crippen LogP contribution in [-0.4, -0.2) is 5.11 Å². The second-order valence-electron chi connectivity index (χ2n) is 6.94. The Morgan fingerprint density at radius 1 is 0.808 bits per heavy atom. The first-order valence-corrected chi connectivity index (χ1v) is 10.0. The smallest absolute Gasteiger partial charge is 0.169 e. The monoisotopic (exact) mass is 467 g/mol. The van der Waals surface area contributed by atoms with Gasteiger partial charge in [-0.2, -0.15) is 0 Å². The van der Waals surface area contributed by atoms with E-state index >= 15 is 0 Å². The number of phenolic OH excluding ortho intramolecular Hbond substituents is 1. The molecule has 0 saturated heterocycles. The highest BCUT2D eigenvalue weighted by Gasteiger charge is 2.12. The summed E-state index contributed by atoms with van der Waals surface area (Å²) in [6, 6.07) is 8.27. The zero-order valence-corrected chi connectivity index (χ0v) is 18.8. The topological polar surface area (TPSA) is 24.1 Å². The van der Waals surface area contributed by atoms with Crippen molar-refractivity contribution >= 4 is 0 Å². The number of aromatic nitrogens is 1. The molecule has 1 aromatic heterocycles. The van der Waals surface area contributed by atoms with E-state index in [0.717, 1.165) is 19.4 Å². The Hall–Kier alpha value is -1.10. The number of rotatable bonds is 10. The van der Waals surface area contributed by atoms with Gasteiger partial charge in [-0.1, -0.05) is 46.5 Å². The van der Waals surface area contributed by atoms with Gasteiger partial charge in [-0.15, -0.1) is 0 Å². The van der Waals surface area contributed by atoms with E-state index in [1.807, 2.05) is 12.1 Å². The van der Waals surface area contributed by atoms with Crippen molar-refractivity contribution in [2.24, 2.45) is 0 Å². The highest BCUT2D eigenvalue weighted by molar-refractivity contribution is 5.71. The summed E-state index contributed by atoms with van der Waals surface area (Å²) in [6.45, 7) is 7.67. The molecule has 2 nitrogen and oxygen atoms in total. The molecule has 1 heterocycles. The number of hydrogen-bond acceptors (Lipinski definition) is 1. The molecule has 0 saturated carbocycles. The fraction of sp³-hybridized carbons (Fsp3) is 0.522.